The van der Waals surface area contributed by atoms with Gasteiger partial charge < -0.3 is 33.5 Å². The number of hydrogen-bond acceptors (Lipinski definition) is 7. The van der Waals surface area contributed by atoms with Gasteiger partial charge >= 0.3 is 6.09 Å². The van der Waals surface area contributed by atoms with E-state index in [9.17, 15) is 4.79 Å². The normalized spacial score (nSPS) is 20.6. The number of likely N-dealkylation sites (tertiary alicyclic amines) is 1. The van der Waals surface area contributed by atoms with E-state index in [0.717, 1.165) is 36.3 Å². The van der Waals surface area contributed by atoms with Gasteiger partial charge in [-0.05, 0) is 74.6 Å². The molecule has 8 heteroatoms. The summed E-state index contributed by atoms with van der Waals surface area (Å²) in [7, 11) is 4.86. The highest BCUT2D eigenvalue weighted by atomic mass is 16.6. The van der Waals surface area contributed by atoms with Gasteiger partial charge in [0, 0.05) is 25.0 Å². The molecule has 36 heavy (non-hydrogen) atoms. The van der Waals surface area contributed by atoms with Gasteiger partial charge in [-0.3, -0.25) is 0 Å². The second-order valence-corrected chi connectivity index (χ2v) is 10.6. The number of amides is 1. The minimum Gasteiger partial charge on any atom is -0.493 e. The summed E-state index contributed by atoms with van der Waals surface area (Å²) < 4.78 is 28.5. The Hall–Kier alpha value is -3.29. The lowest BCUT2D eigenvalue weighted by Gasteiger charge is -2.33. The van der Waals surface area contributed by atoms with Crippen molar-refractivity contribution >= 4 is 11.8 Å². The van der Waals surface area contributed by atoms with Crippen LogP contribution in [-0.2, 0) is 4.74 Å². The number of hydrogen-bond donors (Lipinski definition) is 0. The van der Waals surface area contributed by atoms with Crippen molar-refractivity contribution in [2.45, 2.75) is 51.2 Å². The molecule has 0 aromatic heterocycles. The van der Waals surface area contributed by atoms with E-state index >= 15 is 0 Å². The van der Waals surface area contributed by atoms with Crippen LogP contribution in [0.5, 0.6) is 23.0 Å². The van der Waals surface area contributed by atoms with E-state index in [0.29, 0.717) is 48.9 Å². The molecule has 5 rings (SSSR count). The van der Waals surface area contributed by atoms with E-state index in [1.165, 1.54) is 11.3 Å². The summed E-state index contributed by atoms with van der Waals surface area (Å²) in [6.45, 7) is 8.60. The molecule has 2 atom stereocenters. The molecular formula is C28H36N2O6. The molecule has 3 heterocycles. The highest BCUT2D eigenvalue weighted by Gasteiger charge is 2.44. The third-order valence-electron chi connectivity index (χ3n) is 7.30. The van der Waals surface area contributed by atoms with Crippen LogP contribution in [0.25, 0.3) is 11.1 Å². The Kier molecular flexibility index (Phi) is 6.30. The highest BCUT2D eigenvalue weighted by molar-refractivity contribution is 5.80. The Labute approximate surface area is 213 Å². The standard InChI is InChI=1S/C28H36N2O6/c1-28(2,3)36-27(31)29-9-7-19-20-13-17(18-15-23(32-4)26(34-6)24(16-18)33-5)14-22-25(20)30(11-12-35-22)21(19)8-10-29/h13-16,19,21H,7-12H2,1-6H3. The molecule has 0 radical (unpaired) electrons. The number of ether oxygens (including phenoxy) is 5. The fourth-order valence-corrected chi connectivity index (χ4v) is 5.77. The molecule has 0 saturated carbocycles. The minimum absolute atomic E-state index is 0.225. The van der Waals surface area contributed by atoms with Crippen LogP contribution in [0.15, 0.2) is 24.3 Å². The van der Waals surface area contributed by atoms with E-state index in [1.54, 1.807) is 21.3 Å². The Morgan fingerprint density at radius 2 is 1.58 bits per heavy atom. The minimum atomic E-state index is -0.500. The summed E-state index contributed by atoms with van der Waals surface area (Å²) in [6, 6.07) is 8.67. The van der Waals surface area contributed by atoms with Crippen LogP contribution in [-0.4, -0.2) is 70.2 Å². The number of carbonyl (C=O) groups is 1. The molecule has 0 aliphatic carbocycles. The second kappa shape index (κ2) is 9.30. The van der Waals surface area contributed by atoms with E-state index in [-0.39, 0.29) is 6.09 Å². The lowest BCUT2D eigenvalue weighted by Crippen LogP contribution is -2.41. The number of benzene rings is 2. The van der Waals surface area contributed by atoms with Crippen molar-refractivity contribution in [1.82, 2.24) is 4.90 Å². The molecule has 2 aromatic carbocycles. The van der Waals surface area contributed by atoms with Crippen molar-refractivity contribution < 1.29 is 28.5 Å². The van der Waals surface area contributed by atoms with Crippen LogP contribution in [0.3, 0.4) is 0 Å². The van der Waals surface area contributed by atoms with Crippen molar-refractivity contribution in [3.05, 3.63) is 29.8 Å². The van der Waals surface area contributed by atoms with Crippen molar-refractivity contribution in [1.29, 1.82) is 0 Å². The van der Waals surface area contributed by atoms with E-state index < -0.39 is 5.60 Å². The summed E-state index contributed by atoms with van der Waals surface area (Å²) in [5.41, 5.74) is 4.00. The summed E-state index contributed by atoms with van der Waals surface area (Å²) in [6.07, 6.45) is 1.56. The lowest BCUT2D eigenvalue weighted by molar-refractivity contribution is 0.0255. The predicted octanol–water partition coefficient (Wildman–Crippen LogP) is 5.07. The van der Waals surface area contributed by atoms with Gasteiger partial charge in [-0.15, -0.1) is 0 Å². The van der Waals surface area contributed by atoms with Crippen LogP contribution >= 0.6 is 0 Å². The van der Waals surface area contributed by atoms with Crippen LogP contribution < -0.4 is 23.8 Å². The zero-order valence-corrected chi connectivity index (χ0v) is 22.1. The molecule has 1 saturated heterocycles. The molecule has 194 valence electrons. The highest BCUT2D eigenvalue weighted by Crippen LogP contribution is 2.53. The SMILES string of the molecule is COc1cc(-c2cc3c4c(c2)C2CCN(C(=O)OC(C)(C)C)CCC2N4CCO3)cc(OC)c1OC. The maximum atomic E-state index is 12.8. The molecule has 3 aliphatic rings. The number of methoxy groups -OCH3 is 3. The molecule has 8 nitrogen and oxygen atoms in total. The number of carbonyl (C=O) groups excluding carboxylic acids is 1. The first-order valence-corrected chi connectivity index (χ1v) is 12.6. The van der Waals surface area contributed by atoms with Crippen molar-refractivity contribution in [2.24, 2.45) is 0 Å². The maximum absolute atomic E-state index is 12.8. The second-order valence-electron chi connectivity index (χ2n) is 10.6. The molecular weight excluding hydrogens is 460 g/mol. The Morgan fingerprint density at radius 3 is 2.22 bits per heavy atom. The first-order valence-electron chi connectivity index (χ1n) is 12.6. The fraction of sp³-hybridized carbons (Fsp3) is 0.536. The Bertz CT molecular complexity index is 1130. The average Bonchev–Trinajstić information content (AvgIpc) is 3.01. The molecule has 2 unspecified atom stereocenters. The third kappa shape index (κ3) is 4.27. The molecule has 0 bridgehead atoms. The van der Waals surface area contributed by atoms with Gasteiger partial charge in [0.15, 0.2) is 11.5 Å². The summed E-state index contributed by atoms with van der Waals surface area (Å²) in [5.74, 6) is 3.03. The van der Waals surface area contributed by atoms with Gasteiger partial charge in [0.05, 0.1) is 33.6 Å². The quantitative estimate of drug-likeness (QED) is 0.585. The largest absolute Gasteiger partial charge is 0.493 e. The van der Waals surface area contributed by atoms with Gasteiger partial charge in [0.1, 0.15) is 18.0 Å². The summed E-state index contributed by atoms with van der Waals surface area (Å²) >= 11 is 0. The monoisotopic (exact) mass is 496 g/mol. The van der Waals surface area contributed by atoms with E-state index in [1.807, 2.05) is 37.8 Å². The van der Waals surface area contributed by atoms with Gasteiger partial charge in [-0.1, -0.05) is 0 Å². The third-order valence-corrected chi connectivity index (χ3v) is 7.30. The van der Waals surface area contributed by atoms with Crippen molar-refractivity contribution in [3.63, 3.8) is 0 Å². The lowest BCUT2D eigenvalue weighted by atomic mass is 9.89. The van der Waals surface area contributed by atoms with Crippen LogP contribution in [0, 0.1) is 0 Å². The van der Waals surface area contributed by atoms with Crippen LogP contribution in [0.2, 0.25) is 0 Å². The molecule has 1 amide bonds. The predicted molar refractivity (Wildman–Crippen MR) is 138 cm³/mol. The number of fused-ring (bicyclic) bond motifs is 3. The Balaban J connectivity index is 1.51. The first-order chi connectivity index (χ1) is 17.2. The van der Waals surface area contributed by atoms with E-state index in [4.69, 9.17) is 23.7 Å². The van der Waals surface area contributed by atoms with Gasteiger partial charge in [0.25, 0.3) is 0 Å². The smallest absolute Gasteiger partial charge is 0.410 e. The Morgan fingerprint density at radius 1 is 0.917 bits per heavy atom. The van der Waals surface area contributed by atoms with Crippen LogP contribution in [0.1, 0.15) is 45.1 Å². The molecule has 3 aliphatic heterocycles. The molecule has 0 spiro atoms. The number of rotatable bonds is 4. The summed E-state index contributed by atoms with van der Waals surface area (Å²) in [5, 5.41) is 0. The number of nitrogens with zero attached hydrogens (tertiary/aromatic N) is 2. The van der Waals surface area contributed by atoms with Gasteiger partial charge in [-0.2, -0.15) is 0 Å². The molecule has 2 aromatic rings. The first kappa shape index (κ1) is 24.4. The zero-order chi connectivity index (χ0) is 25.6. The zero-order valence-electron chi connectivity index (χ0n) is 22.1. The van der Waals surface area contributed by atoms with Crippen LogP contribution in [0.4, 0.5) is 10.5 Å². The van der Waals surface area contributed by atoms with E-state index in [2.05, 4.69) is 17.0 Å². The van der Waals surface area contributed by atoms with Gasteiger partial charge in [-0.25, -0.2) is 4.79 Å². The van der Waals surface area contributed by atoms with Crippen molar-refractivity contribution in [2.75, 3.05) is 52.5 Å². The number of anilines is 1. The molecule has 1 fully saturated rings. The summed E-state index contributed by atoms with van der Waals surface area (Å²) in [4.78, 5) is 17.2. The van der Waals surface area contributed by atoms with Gasteiger partial charge in [0.2, 0.25) is 5.75 Å². The average molecular weight is 497 g/mol. The fourth-order valence-electron chi connectivity index (χ4n) is 5.77. The molecule has 0 N–H and O–H groups in total. The van der Waals surface area contributed by atoms with Crippen molar-refractivity contribution in [3.8, 4) is 34.1 Å². The maximum Gasteiger partial charge on any atom is 0.410 e. The topological polar surface area (TPSA) is 69.7 Å².